The summed E-state index contributed by atoms with van der Waals surface area (Å²) < 4.78 is 0. The zero-order valence-corrected chi connectivity index (χ0v) is 17.1. The summed E-state index contributed by atoms with van der Waals surface area (Å²) in [7, 11) is 7.55. The summed E-state index contributed by atoms with van der Waals surface area (Å²) in [5, 5.41) is 19.5. The van der Waals surface area contributed by atoms with Crippen LogP contribution >= 0.6 is 0 Å². The Hall–Kier alpha value is -3.55. The first-order valence-electron chi connectivity index (χ1n) is 9.24. The minimum atomic E-state index is 0.236. The van der Waals surface area contributed by atoms with Crippen LogP contribution < -0.4 is 14.7 Å². The molecule has 3 aromatic rings. The van der Waals surface area contributed by atoms with Gasteiger partial charge in [-0.25, -0.2) is 0 Å². The average molecular weight is 394 g/mol. The van der Waals surface area contributed by atoms with E-state index >= 15 is 0 Å². The van der Waals surface area contributed by atoms with E-state index in [1.54, 1.807) is 24.3 Å². The Morgan fingerprint density at radius 1 is 0.690 bits per heavy atom. The molecule has 3 rings (SSSR count). The Morgan fingerprint density at radius 2 is 1.24 bits per heavy atom. The van der Waals surface area contributed by atoms with Crippen LogP contribution in [0.3, 0.4) is 0 Å². The number of phenols is 2. The van der Waals surface area contributed by atoms with Crippen molar-refractivity contribution < 1.29 is 10.2 Å². The van der Waals surface area contributed by atoms with Gasteiger partial charge in [-0.15, -0.1) is 0 Å². The van der Waals surface area contributed by atoms with Gasteiger partial charge < -0.3 is 24.9 Å². The summed E-state index contributed by atoms with van der Waals surface area (Å²) >= 11 is 0. The second-order valence-electron chi connectivity index (χ2n) is 7.14. The zero-order chi connectivity index (χ0) is 21.0. The number of hydrogen-bond donors (Lipinski definition) is 2. The molecule has 1 heterocycles. The molecule has 0 bridgehead atoms. The standard InChI is InChI=1S/C21H26N6O2/c1-25(2)19-22-20(26(3)13-15-9-11-17(28)12-10-15)24-21(23-19)27(4)14-16-7-5-6-8-18(16)29/h5-12,28-29H,13-14H2,1-4H3. The van der Waals surface area contributed by atoms with Crippen LogP contribution in [0, 0.1) is 0 Å². The molecular weight excluding hydrogens is 368 g/mol. The summed E-state index contributed by atoms with van der Waals surface area (Å²) in [6, 6.07) is 14.3. The molecular formula is C21H26N6O2. The van der Waals surface area contributed by atoms with Gasteiger partial charge in [0, 0.05) is 46.8 Å². The molecule has 0 saturated carbocycles. The Balaban J connectivity index is 1.86. The molecule has 0 saturated heterocycles. The summed E-state index contributed by atoms with van der Waals surface area (Å²) in [6.45, 7) is 1.05. The second-order valence-corrected chi connectivity index (χ2v) is 7.14. The lowest BCUT2D eigenvalue weighted by atomic mass is 10.2. The molecule has 29 heavy (non-hydrogen) atoms. The maximum absolute atomic E-state index is 10.1. The Morgan fingerprint density at radius 3 is 1.83 bits per heavy atom. The number of phenolic OH excluding ortho intramolecular Hbond substituents is 2. The van der Waals surface area contributed by atoms with Gasteiger partial charge in [-0.05, 0) is 23.8 Å². The lowest BCUT2D eigenvalue weighted by molar-refractivity contribution is 0.467. The lowest BCUT2D eigenvalue weighted by Crippen LogP contribution is -2.26. The summed E-state index contributed by atoms with van der Waals surface area (Å²) in [6.07, 6.45) is 0. The first-order chi connectivity index (χ1) is 13.8. The predicted octanol–water partition coefficient (Wildman–Crippen LogP) is 2.62. The molecule has 0 aliphatic rings. The van der Waals surface area contributed by atoms with Crippen molar-refractivity contribution in [3.05, 3.63) is 59.7 Å². The molecule has 8 nitrogen and oxygen atoms in total. The number of rotatable bonds is 7. The zero-order valence-electron chi connectivity index (χ0n) is 17.1. The van der Waals surface area contributed by atoms with Crippen molar-refractivity contribution in [3.8, 4) is 11.5 Å². The van der Waals surface area contributed by atoms with Gasteiger partial charge in [0.25, 0.3) is 0 Å². The van der Waals surface area contributed by atoms with Crippen molar-refractivity contribution in [2.75, 3.05) is 42.9 Å². The molecule has 2 aromatic carbocycles. The van der Waals surface area contributed by atoms with E-state index in [-0.39, 0.29) is 11.5 Å². The normalized spacial score (nSPS) is 10.6. The van der Waals surface area contributed by atoms with Crippen molar-refractivity contribution in [2.24, 2.45) is 0 Å². The van der Waals surface area contributed by atoms with E-state index in [1.807, 2.05) is 67.2 Å². The number of aromatic hydroxyl groups is 2. The van der Waals surface area contributed by atoms with Crippen LogP contribution in [0.25, 0.3) is 0 Å². The Labute approximate surface area is 170 Å². The van der Waals surface area contributed by atoms with Crippen molar-refractivity contribution in [2.45, 2.75) is 13.1 Å². The fourth-order valence-electron chi connectivity index (χ4n) is 2.80. The van der Waals surface area contributed by atoms with Crippen LogP contribution in [0.2, 0.25) is 0 Å². The first-order valence-corrected chi connectivity index (χ1v) is 9.24. The van der Waals surface area contributed by atoms with E-state index in [4.69, 9.17) is 0 Å². The molecule has 8 heteroatoms. The van der Waals surface area contributed by atoms with Crippen molar-refractivity contribution in [1.29, 1.82) is 0 Å². The van der Waals surface area contributed by atoms with E-state index < -0.39 is 0 Å². The van der Waals surface area contributed by atoms with E-state index in [9.17, 15) is 10.2 Å². The summed E-state index contributed by atoms with van der Waals surface area (Å²) in [4.78, 5) is 19.4. The van der Waals surface area contributed by atoms with Gasteiger partial charge in [0.2, 0.25) is 17.8 Å². The molecule has 0 aliphatic heterocycles. The SMILES string of the molecule is CN(C)c1nc(N(C)Cc2ccc(O)cc2)nc(N(C)Cc2ccccc2O)n1. The van der Waals surface area contributed by atoms with Gasteiger partial charge in [0.1, 0.15) is 11.5 Å². The fourth-order valence-corrected chi connectivity index (χ4v) is 2.80. The minimum absolute atomic E-state index is 0.236. The third-order valence-corrected chi connectivity index (χ3v) is 4.44. The fraction of sp³-hybridized carbons (Fsp3) is 0.286. The van der Waals surface area contributed by atoms with E-state index in [1.165, 1.54) is 0 Å². The van der Waals surface area contributed by atoms with E-state index in [2.05, 4.69) is 15.0 Å². The van der Waals surface area contributed by atoms with Gasteiger partial charge in [0.15, 0.2) is 0 Å². The van der Waals surface area contributed by atoms with Crippen molar-refractivity contribution in [3.63, 3.8) is 0 Å². The third kappa shape index (κ3) is 5.04. The minimum Gasteiger partial charge on any atom is -0.508 e. The molecule has 1 aromatic heterocycles. The average Bonchev–Trinajstić information content (AvgIpc) is 2.71. The van der Waals surface area contributed by atoms with Crippen molar-refractivity contribution in [1.82, 2.24) is 15.0 Å². The highest BCUT2D eigenvalue weighted by molar-refractivity contribution is 5.47. The van der Waals surface area contributed by atoms with Gasteiger partial charge >= 0.3 is 0 Å². The second kappa shape index (κ2) is 8.64. The molecule has 0 radical (unpaired) electrons. The Kier molecular flexibility index (Phi) is 6.01. The maximum atomic E-state index is 10.1. The first kappa shape index (κ1) is 20.2. The largest absolute Gasteiger partial charge is 0.508 e. The number of para-hydroxylation sites is 1. The van der Waals surface area contributed by atoms with Crippen LogP contribution in [0.15, 0.2) is 48.5 Å². The molecule has 0 amide bonds. The third-order valence-electron chi connectivity index (χ3n) is 4.44. The monoisotopic (exact) mass is 394 g/mol. The maximum Gasteiger partial charge on any atom is 0.232 e. The molecule has 0 atom stereocenters. The highest BCUT2D eigenvalue weighted by atomic mass is 16.3. The van der Waals surface area contributed by atoms with Gasteiger partial charge in [-0.1, -0.05) is 30.3 Å². The molecule has 0 aliphatic carbocycles. The number of nitrogens with zero attached hydrogens (tertiary/aromatic N) is 6. The van der Waals surface area contributed by atoms with Gasteiger partial charge in [0.05, 0.1) is 0 Å². The number of benzene rings is 2. The summed E-state index contributed by atoms with van der Waals surface area (Å²) in [5.74, 6) is 2.08. The van der Waals surface area contributed by atoms with E-state index in [0.29, 0.717) is 30.9 Å². The molecule has 0 fully saturated rings. The molecule has 152 valence electrons. The highest BCUT2D eigenvalue weighted by Crippen LogP contribution is 2.22. The van der Waals surface area contributed by atoms with Crippen LogP contribution in [0.4, 0.5) is 17.8 Å². The molecule has 2 N–H and O–H groups in total. The predicted molar refractivity (Wildman–Crippen MR) is 115 cm³/mol. The van der Waals surface area contributed by atoms with E-state index in [0.717, 1.165) is 11.1 Å². The number of anilines is 3. The lowest BCUT2D eigenvalue weighted by Gasteiger charge is -2.23. The highest BCUT2D eigenvalue weighted by Gasteiger charge is 2.16. The van der Waals surface area contributed by atoms with Crippen LogP contribution in [-0.2, 0) is 13.1 Å². The smallest absolute Gasteiger partial charge is 0.232 e. The molecule has 0 spiro atoms. The number of hydrogen-bond acceptors (Lipinski definition) is 8. The van der Waals surface area contributed by atoms with Gasteiger partial charge in [-0.2, -0.15) is 15.0 Å². The van der Waals surface area contributed by atoms with Crippen LogP contribution in [0.1, 0.15) is 11.1 Å². The van der Waals surface area contributed by atoms with Crippen LogP contribution in [0.5, 0.6) is 11.5 Å². The van der Waals surface area contributed by atoms with Crippen molar-refractivity contribution >= 4 is 17.8 Å². The van der Waals surface area contributed by atoms with Crippen LogP contribution in [-0.4, -0.2) is 53.4 Å². The quantitative estimate of drug-likeness (QED) is 0.632. The number of aromatic nitrogens is 3. The Bertz CT molecular complexity index is 962. The summed E-state index contributed by atoms with van der Waals surface area (Å²) in [5.41, 5.74) is 1.82. The topological polar surface area (TPSA) is 88.9 Å². The van der Waals surface area contributed by atoms with Gasteiger partial charge in [-0.3, -0.25) is 0 Å². The molecule has 0 unspecified atom stereocenters.